The zero-order valence-electron chi connectivity index (χ0n) is 12.3. The first kappa shape index (κ1) is 14.2. The fraction of sp³-hybridized carbons (Fsp3) is 0.600. The van der Waals surface area contributed by atoms with E-state index in [9.17, 15) is 5.11 Å². The molecule has 106 valence electrons. The van der Waals surface area contributed by atoms with Gasteiger partial charge in [-0.15, -0.1) is 0 Å². The summed E-state index contributed by atoms with van der Waals surface area (Å²) in [7, 11) is 5.87. The lowest BCUT2D eigenvalue weighted by atomic mass is 10.1. The second-order valence-corrected chi connectivity index (χ2v) is 5.50. The highest BCUT2D eigenvalue weighted by molar-refractivity contribution is 5.41. The molecule has 0 radical (unpaired) electrons. The number of likely N-dealkylation sites (N-methyl/N-ethyl adjacent to an activating group) is 1. The van der Waals surface area contributed by atoms with Gasteiger partial charge in [0.05, 0.1) is 7.11 Å². The number of phenolic OH excluding ortho intramolecular Hbond substituents is 1. The fourth-order valence-corrected chi connectivity index (χ4v) is 2.74. The normalized spacial score (nSPS) is 21.8. The molecule has 1 heterocycles. The van der Waals surface area contributed by atoms with Gasteiger partial charge in [-0.3, -0.25) is 4.90 Å². The zero-order chi connectivity index (χ0) is 14.0. The molecule has 1 saturated heterocycles. The quantitative estimate of drug-likeness (QED) is 0.903. The Morgan fingerprint density at radius 3 is 2.68 bits per heavy atom. The van der Waals surface area contributed by atoms with Gasteiger partial charge in [0.25, 0.3) is 0 Å². The van der Waals surface area contributed by atoms with E-state index in [0.29, 0.717) is 17.5 Å². The summed E-state index contributed by atoms with van der Waals surface area (Å²) in [6.45, 7) is 4.29. The van der Waals surface area contributed by atoms with Gasteiger partial charge in [-0.25, -0.2) is 0 Å². The van der Waals surface area contributed by atoms with E-state index in [1.807, 2.05) is 12.1 Å². The molecule has 1 fully saturated rings. The molecule has 0 aliphatic carbocycles. The van der Waals surface area contributed by atoms with E-state index in [1.165, 1.54) is 6.42 Å². The third-order valence-corrected chi connectivity index (χ3v) is 4.16. The van der Waals surface area contributed by atoms with Crippen molar-refractivity contribution >= 4 is 0 Å². The van der Waals surface area contributed by atoms with E-state index in [4.69, 9.17) is 4.74 Å². The fourth-order valence-electron chi connectivity index (χ4n) is 2.74. The maximum atomic E-state index is 10.1. The van der Waals surface area contributed by atoms with Crippen molar-refractivity contribution < 1.29 is 9.84 Å². The largest absolute Gasteiger partial charge is 0.507 e. The number of likely N-dealkylation sites (tertiary alicyclic amines) is 1. The first-order valence-electron chi connectivity index (χ1n) is 6.80. The maximum absolute atomic E-state index is 10.1. The van der Waals surface area contributed by atoms with Crippen molar-refractivity contribution in [3.63, 3.8) is 0 Å². The van der Waals surface area contributed by atoms with Crippen LogP contribution in [0, 0.1) is 0 Å². The smallest absolute Gasteiger partial charge is 0.124 e. The van der Waals surface area contributed by atoms with Crippen molar-refractivity contribution in [3.8, 4) is 11.5 Å². The highest BCUT2D eigenvalue weighted by Crippen LogP contribution is 2.33. The number of ether oxygens (including phenoxy) is 1. The summed E-state index contributed by atoms with van der Waals surface area (Å²) in [6.07, 6.45) is 1.19. The van der Waals surface area contributed by atoms with Gasteiger partial charge in [-0.1, -0.05) is 6.07 Å². The molecular weight excluding hydrogens is 240 g/mol. The first-order valence-corrected chi connectivity index (χ1v) is 6.80. The summed E-state index contributed by atoms with van der Waals surface area (Å²) in [5, 5.41) is 10.1. The molecule has 4 heteroatoms. The number of nitrogens with zero attached hydrogens (tertiary/aromatic N) is 2. The van der Waals surface area contributed by atoms with Crippen LogP contribution in [0.3, 0.4) is 0 Å². The maximum Gasteiger partial charge on any atom is 0.124 e. The average molecular weight is 264 g/mol. The minimum Gasteiger partial charge on any atom is -0.507 e. The molecule has 19 heavy (non-hydrogen) atoms. The Balaban J connectivity index is 2.10. The predicted molar refractivity (Wildman–Crippen MR) is 76.7 cm³/mol. The van der Waals surface area contributed by atoms with Crippen LogP contribution < -0.4 is 4.74 Å². The van der Waals surface area contributed by atoms with Crippen LogP contribution in [0.2, 0.25) is 0 Å². The molecule has 0 amide bonds. The topological polar surface area (TPSA) is 35.9 Å². The lowest BCUT2D eigenvalue weighted by Gasteiger charge is -2.26. The zero-order valence-corrected chi connectivity index (χ0v) is 12.3. The van der Waals surface area contributed by atoms with Crippen molar-refractivity contribution in [1.82, 2.24) is 9.80 Å². The highest BCUT2D eigenvalue weighted by Gasteiger charge is 2.28. The molecular formula is C15H24N2O2. The first-order chi connectivity index (χ1) is 9.02. The lowest BCUT2D eigenvalue weighted by Crippen LogP contribution is -2.32. The van der Waals surface area contributed by atoms with E-state index >= 15 is 0 Å². The van der Waals surface area contributed by atoms with Crippen LogP contribution in [0.1, 0.15) is 24.9 Å². The van der Waals surface area contributed by atoms with Crippen LogP contribution in [0.15, 0.2) is 18.2 Å². The van der Waals surface area contributed by atoms with E-state index in [2.05, 4.69) is 30.8 Å². The molecule has 2 rings (SSSR count). The minimum atomic E-state index is 0.232. The summed E-state index contributed by atoms with van der Waals surface area (Å²) < 4.78 is 5.12. The Morgan fingerprint density at radius 2 is 2.16 bits per heavy atom. The Bertz CT molecular complexity index is 434. The van der Waals surface area contributed by atoms with Crippen LogP contribution in [-0.4, -0.2) is 55.2 Å². The van der Waals surface area contributed by atoms with Crippen molar-refractivity contribution in [2.75, 3.05) is 34.3 Å². The van der Waals surface area contributed by atoms with Crippen LogP contribution in [0.25, 0.3) is 0 Å². The molecule has 0 bridgehead atoms. The second kappa shape index (κ2) is 5.80. The molecule has 4 nitrogen and oxygen atoms in total. The van der Waals surface area contributed by atoms with Gasteiger partial charge in [-0.05, 0) is 33.5 Å². The number of benzene rings is 1. The van der Waals surface area contributed by atoms with Gasteiger partial charge in [0.15, 0.2) is 0 Å². The van der Waals surface area contributed by atoms with E-state index in [1.54, 1.807) is 13.2 Å². The Hall–Kier alpha value is -1.26. The van der Waals surface area contributed by atoms with Crippen molar-refractivity contribution in [2.24, 2.45) is 0 Å². The summed E-state index contributed by atoms with van der Waals surface area (Å²) in [6, 6.07) is 6.40. The van der Waals surface area contributed by atoms with Gasteiger partial charge in [0.2, 0.25) is 0 Å². The van der Waals surface area contributed by atoms with Crippen LogP contribution in [0.5, 0.6) is 11.5 Å². The molecule has 1 aliphatic heterocycles. The molecule has 1 aromatic carbocycles. The molecule has 2 unspecified atom stereocenters. The standard InChI is InChI=1S/C15H24N2O2/c1-11(17-8-7-12(10-17)16(2)3)14-6-5-13(19-4)9-15(14)18/h5-6,9,11-12,18H,7-8,10H2,1-4H3. The van der Waals surface area contributed by atoms with Crippen molar-refractivity contribution in [3.05, 3.63) is 23.8 Å². The summed E-state index contributed by atoms with van der Waals surface area (Å²) in [5.74, 6) is 1.01. The molecule has 0 spiro atoms. The number of rotatable bonds is 4. The highest BCUT2D eigenvalue weighted by atomic mass is 16.5. The lowest BCUT2D eigenvalue weighted by molar-refractivity contribution is 0.225. The van der Waals surface area contributed by atoms with Gasteiger partial charge in [0.1, 0.15) is 11.5 Å². The monoisotopic (exact) mass is 264 g/mol. The summed E-state index contributed by atoms with van der Waals surface area (Å²) in [4.78, 5) is 4.70. The number of hydrogen-bond donors (Lipinski definition) is 1. The van der Waals surface area contributed by atoms with Gasteiger partial charge in [-0.2, -0.15) is 0 Å². The number of phenols is 1. The molecule has 0 saturated carbocycles. The molecule has 1 aromatic rings. The van der Waals surface area contributed by atoms with Gasteiger partial charge >= 0.3 is 0 Å². The van der Waals surface area contributed by atoms with Crippen molar-refractivity contribution in [2.45, 2.75) is 25.4 Å². The molecule has 1 aliphatic rings. The number of aromatic hydroxyl groups is 1. The van der Waals surface area contributed by atoms with Gasteiger partial charge in [0, 0.05) is 36.8 Å². The third-order valence-electron chi connectivity index (χ3n) is 4.16. The van der Waals surface area contributed by atoms with Crippen LogP contribution >= 0.6 is 0 Å². The van der Waals surface area contributed by atoms with Crippen LogP contribution in [0.4, 0.5) is 0 Å². The predicted octanol–water partition coefficient (Wildman–Crippen LogP) is 2.10. The Kier molecular flexibility index (Phi) is 4.32. The number of methoxy groups -OCH3 is 1. The molecule has 0 aromatic heterocycles. The minimum absolute atomic E-state index is 0.232. The molecule has 1 N–H and O–H groups in total. The molecule has 2 atom stereocenters. The van der Waals surface area contributed by atoms with Crippen molar-refractivity contribution in [1.29, 1.82) is 0 Å². The summed E-state index contributed by atoms with van der Waals surface area (Å²) >= 11 is 0. The average Bonchev–Trinajstić information content (AvgIpc) is 2.87. The third kappa shape index (κ3) is 3.01. The Morgan fingerprint density at radius 1 is 1.42 bits per heavy atom. The van der Waals surface area contributed by atoms with E-state index in [-0.39, 0.29) is 6.04 Å². The second-order valence-electron chi connectivity index (χ2n) is 5.50. The summed E-state index contributed by atoms with van der Waals surface area (Å²) in [5.41, 5.74) is 0.972. The van der Waals surface area contributed by atoms with E-state index in [0.717, 1.165) is 18.7 Å². The Labute approximate surface area is 115 Å². The van der Waals surface area contributed by atoms with E-state index < -0.39 is 0 Å². The number of hydrogen-bond acceptors (Lipinski definition) is 4. The van der Waals surface area contributed by atoms with Gasteiger partial charge < -0.3 is 14.7 Å². The van der Waals surface area contributed by atoms with Crippen LogP contribution in [-0.2, 0) is 0 Å². The SMILES string of the molecule is COc1ccc(C(C)N2CCC(N(C)C)C2)c(O)c1.